The largest absolute Gasteiger partial charge is 0.475 e. The van der Waals surface area contributed by atoms with Gasteiger partial charge < -0.3 is 14.2 Å². The smallest absolute Gasteiger partial charge is 0.328 e. The number of carbonyl (C=O) groups is 4. The number of ketones is 1. The summed E-state index contributed by atoms with van der Waals surface area (Å²) in [7, 11) is 0. The van der Waals surface area contributed by atoms with Crippen LogP contribution in [0, 0.1) is 17.6 Å². The molecule has 0 N–H and O–H groups in total. The van der Waals surface area contributed by atoms with Gasteiger partial charge in [0.2, 0.25) is 5.92 Å². The molecule has 0 unspecified atom stereocenters. The first-order valence-electron chi connectivity index (χ1n) is 11.6. The minimum absolute atomic E-state index is 0.0332. The molecule has 8 nitrogen and oxygen atoms in total. The second-order valence-electron chi connectivity index (χ2n) is 8.60. The van der Waals surface area contributed by atoms with Gasteiger partial charge in [-0.15, -0.1) is 0 Å². The molecule has 196 valence electrons. The Kier molecular flexibility index (Phi) is 8.42. The molecule has 37 heavy (non-hydrogen) atoms. The molecule has 0 aliphatic carbocycles. The molecule has 1 heterocycles. The summed E-state index contributed by atoms with van der Waals surface area (Å²) in [5.41, 5.74) is -1.75. The van der Waals surface area contributed by atoms with Gasteiger partial charge in [0.05, 0.1) is 18.8 Å². The average molecular weight is 516 g/mol. The fourth-order valence-corrected chi connectivity index (χ4v) is 3.94. The van der Waals surface area contributed by atoms with Gasteiger partial charge in [0.25, 0.3) is 5.91 Å². The van der Waals surface area contributed by atoms with Crippen LogP contribution in [0.4, 0.5) is 8.78 Å². The van der Waals surface area contributed by atoms with E-state index in [4.69, 9.17) is 14.2 Å². The fraction of sp³-hybridized carbons (Fsp3) is 0.333. The van der Waals surface area contributed by atoms with Crippen LogP contribution in [0.25, 0.3) is 5.57 Å². The predicted molar refractivity (Wildman–Crippen MR) is 128 cm³/mol. The summed E-state index contributed by atoms with van der Waals surface area (Å²) in [6.45, 7) is 5.33. The van der Waals surface area contributed by atoms with Crippen molar-refractivity contribution in [2.75, 3.05) is 19.9 Å². The van der Waals surface area contributed by atoms with Gasteiger partial charge in [0.15, 0.2) is 12.5 Å². The quantitative estimate of drug-likeness (QED) is 0.284. The Morgan fingerprint density at radius 1 is 0.973 bits per heavy atom. The molecule has 3 rings (SSSR count). The molecule has 0 radical (unpaired) electrons. The van der Waals surface area contributed by atoms with Crippen molar-refractivity contribution in [3.63, 3.8) is 0 Å². The van der Waals surface area contributed by atoms with Crippen molar-refractivity contribution >= 4 is 29.2 Å². The van der Waals surface area contributed by atoms with Crippen molar-refractivity contribution in [1.29, 1.82) is 0 Å². The lowest BCUT2D eigenvalue weighted by molar-refractivity contribution is -0.162. The number of Topliss-reactive ketones (excluding diaryl/α,β-unsaturated/α-hetero) is 1. The van der Waals surface area contributed by atoms with Crippen LogP contribution >= 0.6 is 0 Å². The van der Waals surface area contributed by atoms with Crippen LogP contribution in [0.2, 0.25) is 0 Å². The van der Waals surface area contributed by atoms with Crippen LogP contribution in [0.15, 0.2) is 54.3 Å². The molecule has 2 aromatic rings. The molecule has 0 saturated heterocycles. The summed E-state index contributed by atoms with van der Waals surface area (Å²) in [5, 5.41) is 0. The second kappa shape index (κ2) is 11.3. The number of carbonyl (C=O) groups excluding carboxylic acids is 4. The van der Waals surface area contributed by atoms with Gasteiger partial charge in [-0.25, -0.2) is 8.78 Å². The number of hydrogen-bond donors (Lipinski definition) is 0. The molecule has 0 spiro atoms. The third-order valence-electron chi connectivity index (χ3n) is 5.78. The summed E-state index contributed by atoms with van der Waals surface area (Å²) >= 11 is 0. The van der Waals surface area contributed by atoms with Crippen LogP contribution in [-0.4, -0.2) is 54.0 Å². The number of halogens is 2. The van der Waals surface area contributed by atoms with Crippen molar-refractivity contribution in [2.45, 2.75) is 33.2 Å². The van der Waals surface area contributed by atoms with Crippen LogP contribution in [0.1, 0.15) is 43.6 Å². The normalized spacial score (nSPS) is 13.9. The van der Waals surface area contributed by atoms with E-state index in [9.17, 15) is 28.0 Å². The Balaban J connectivity index is 2.14. The zero-order valence-corrected chi connectivity index (χ0v) is 20.9. The minimum Gasteiger partial charge on any atom is -0.475 e. The molecule has 0 saturated carbocycles. The number of esters is 2. The van der Waals surface area contributed by atoms with E-state index in [1.54, 1.807) is 44.2 Å². The number of rotatable bonds is 9. The highest BCUT2D eigenvalue weighted by molar-refractivity contribution is 6.23. The highest BCUT2D eigenvalue weighted by atomic mass is 19.1. The van der Waals surface area contributed by atoms with Crippen LogP contribution in [0.5, 0.6) is 0 Å². The first-order chi connectivity index (χ1) is 17.5. The maximum absolute atomic E-state index is 13.9. The molecular formula is C27H27F2NO7. The summed E-state index contributed by atoms with van der Waals surface area (Å²) in [6, 6.07) is 10.5. The van der Waals surface area contributed by atoms with E-state index in [-0.39, 0.29) is 30.1 Å². The average Bonchev–Trinajstić information content (AvgIpc) is 2.84. The van der Waals surface area contributed by atoms with Crippen molar-refractivity contribution in [2.24, 2.45) is 5.92 Å². The summed E-state index contributed by atoms with van der Waals surface area (Å²) in [5.74, 6) is -7.25. The van der Waals surface area contributed by atoms with Gasteiger partial charge in [-0.3, -0.25) is 24.1 Å². The van der Waals surface area contributed by atoms with Gasteiger partial charge in [0.1, 0.15) is 22.9 Å². The third-order valence-corrected chi connectivity index (χ3v) is 5.78. The minimum atomic E-state index is -1.68. The van der Waals surface area contributed by atoms with E-state index in [0.717, 1.165) is 17.0 Å². The summed E-state index contributed by atoms with van der Waals surface area (Å²) < 4.78 is 43.5. The molecular weight excluding hydrogens is 488 g/mol. The van der Waals surface area contributed by atoms with Crippen molar-refractivity contribution in [3.05, 3.63) is 77.1 Å². The Hall–Kier alpha value is -4.08. The number of hydrogen-bond acceptors (Lipinski definition) is 7. The molecule has 10 heteroatoms. The zero-order valence-electron chi connectivity index (χ0n) is 20.9. The lowest BCUT2D eigenvalue weighted by atomic mass is 9.88. The molecule has 1 aliphatic rings. The summed E-state index contributed by atoms with van der Waals surface area (Å²) in [4.78, 5) is 53.9. The Bertz CT molecular complexity index is 1200. The van der Waals surface area contributed by atoms with Gasteiger partial charge in [-0.1, -0.05) is 30.3 Å². The third kappa shape index (κ3) is 5.68. The van der Waals surface area contributed by atoms with E-state index in [0.29, 0.717) is 11.6 Å². The van der Waals surface area contributed by atoms with Crippen molar-refractivity contribution in [1.82, 2.24) is 4.90 Å². The molecule has 0 bridgehead atoms. The van der Waals surface area contributed by atoms with E-state index >= 15 is 0 Å². The fourth-order valence-electron chi connectivity index (χ4n) is 3.94. The Morgan fingerprint density at radius 2 is 1.51 bits per heavy atom. The monoisotopic (exact) mass is 515 g/mol. The van der Waals surface area contributed by atoms with E-state index in [2.05, 4.69) is 0 Å². The molecule has 2 aromatic carbocycles. The van der Waals surface area contributed by atoms with Crippen LogP contribution in [-0.2, 0) is 28.6 Å². The lowest BCUT2D eigenvalue weighted by Crippen LogP contribution is -2.56. The highest BCUT2D eigenvalue weighted by Crippen LogP contribution is 2.36. The molecule has 0 atom stereocenters. The van der Waals surface area contributed by atoms with Gasteiger partial charge in [-0.2, -0.15) is 0 Å². The first-order valence-corrected chi connectivity index (χ1v) is 11.6. The standard InChI is InChI=1S/C27H27F2NO7/c1-5-35-25(33)21(26(34)36-6-2)22-20(16-10-8-7-9-11-16)24(32)30(15-37-22)27(3,4)23(31)17-12-18(28)14-19(29)13-17/h7-14,21H,5-6,15H2,1-4H3. The Morgan fingerprint density at radius 3 is 2.03 bits per heavy atom. The zero-order chi connectivity index (χ0) is 27.3. The number of amides is 1. The number of ether oxygens (including phenoxy) is 3. The van der Waals surface area contributed by atoms with E-state index in [1.165, 1.54) is 13.8 Å². The van der Waals surface area contributed by atoms with Crippen molar-refractivity contribution < 1.29 is 42.2 Å². The molecule has 0 fully saturated rings. The highest BCUT2D eigenvalue weighted by Gasteiger charge is 2.47. The maximum Gasteiger partial charge on any atom is 0.328 e. The lowest BCUT2D eigenvalue weighted by Gasteiger charge is -2.41. The second-order valence-corrected chi connectivity index (χ2v) is 8.60. The maximum atomic E-state index is 13.9. The SMILES string of the molecule is CCOC(=O)C(C(=O)OCC)C1=C(c2ccccc2)C(=O)N(C(C)(C)C(=O)c2cc(F)cc(F)c2)CO1. The molecule has 1 aliphatic heterocycles. The van der Waals surface area contributed by atoms with E-state index in [1.807, 2.05) is 0 Å². The van der Waals surface area contributed by atoms with Gasteiger partial charge in [0, 0.05) is 11.6 Å². The number of benzene rings is 2. The Labute approximate surface area is 212 Å². The van der Waals surface area contributed by atoms with Crippen LogP contribution in [0.3, 0.4) is 0 Å². The van der Waals surface area contributed by atoms with Gasteiger partial charge >= 0.3 is 11.9 Å². The van der Waals surface area contributed by atoms with Crippen molar-refractivity contribution in [3.8, 4) is 0 Å². The first kappa shape index (κ1) is 27.5. The number of nitrogens with zero attached hydrogens (tertiary/aromatic N) is 1. The van der Waals surface area contributed by atoms with Crippen LogP contribution < -0.4 is 0 Å². The topological polar surface area (TPSA) is 99.2 Å². The van der Waals surface area contributed by atoms with Gasteiger partial charge in [-0.05, 0) is 45.4 Å². The predicted octanol–water partition coefficient (Wildman–Crippen LogP) is 3.90. The van der Waals surface area contributed by atoms with E-state index < -0.39 is 53.5 Å². The molecule has 0 aromatic heterocycles. The summed E-state index contributed by atoms with van der Waals surface area (Å²) in [6.07, 6.45) is 0. The molecule has 1 amide bonds.